The summed E-state index contributed by atoms with van der Waals surface area (Å²) in [4.78, 5) is 20.0. The van der Waals surface area contributed by atoms with Gasteiger partial charge in [-0.2, -0.15) is 0 Å². The van der Waals surface area contributed by atoms with Crippen molar-refractivity contribution in [2.24, 2.45) is 0 Å². The molecule has 1 aliphatic rings. The lowest BCUT2D eigenvalue weighted by molar-refractivity contribution is -0.133. The first-order chi connectivity index (χ1) is 15.1. The third kappa shape index (κ3) is 5.89. The molecule has 31 heavy (non-hydrogen) atoms. The summed E-state index contributed by atoms with van der Waals surface area (Å²) >= 11 is 3.18. The average Bonchev–Trinajstić information content (AvgIpc) is 3.19. The van der Waals surface area contributed by atoms with E-state index in [1.165, 1.54) is 23.5 Å². The number of nitrogens with zero attached hydrogens (tertiary/aromatic N) is 2. The Kier molecular flexibility index (Phi) is 7.29. The molecule has 3 aromatic rings. The second-order valence-corrected chi connectivity index (χ2v) is 9.58. The molecule has 1 fully saturated rings. The number of hydrogen-bond donors (Lipinski definition) is 0. The molecule has 0 unspecified atom stereocenters. The molecule has 1 amide bonds. The molecule has 0 spiro atoms. The molecule has 1 saturated heterocycles. The van der Waals surface area contributed by atoms with E-state index in [2.05, 4.69) is 4.98 Å². The Morgan fingerprint density at radius 2 is 2.00 bits per heavy atom. The Morgan fingerprint density at radius 3 is 2.74 bits per heavy atom. The van der Waals surface area contributed by atoms with Gasteiger partial charge in [-0.1, -0.05) is 11.3 Å². The predicted octanol–water partition coefficient (Wildman–Crippen LogP) is 5.39. The maximum absolute atomic E-state index is 12.9. The first-order valence-corrected chi connectivity index (χ1v) is 12.2. The van der Waals surface area contributed by atoms with Gasteiger partial charge in [0.1, 0.15) is 17.7 Å². The number of fused-ring (bicyclic) bond motifs is 1. The van der Waals surface area contributed by atoms with Gasteiger partial charge in [-0.15, -0.1) is 11.8 Å². The molecule has 164 valence electrons. The van der Waals surface area contributed by atoms with Gasteiger partial charge in [-0.25, -0.2) is 9.37 Å². The molecule has 1 aliphatic heterocycles. The number of piperidine rings is 1. The molecule has 0 saturated carbocycles. The summed E-state index contributed by atoms with van der Waals surface area (Å²) in [6, 6.07) is 12.3. The summed E-state index contributed by atoms with van der Waals surface area (Å²) in [7, 11) is 1.65. The van der Waals surface area contributed by atoms with Gasteiger partial charge < -0.3 is 14.4 Å². The average molecular weight is 461 g/mol. The van der Waals surface area contributed by atoms with E-state index in [-0.39, 0.29) is 17.8 Å². The van der Waals surface area contributed by atoms with Crippen molar-refractivity contribution in [2.75, 3.05) is 26.0 Å². The molecule has 0 aliphatic carbocycles. The number of thiazole rings is 1. The van der Waals surface area contributed by atoms with E-state index in [9.17, 15) is 9.18 Å². The highest BCUT2D eigenvalue weighted by atomic mass is 32.2. The van der Waals surface area contributed by atoms with E-state index < -0.39 is 0 Å². The van der Waals surface area contributed by atoms with Crippen molar-refractivity contribution in [1.29, 1.82) is 0 Å². The second kappa shape index (κ2) is 10.3. The molecule has 1 aromatic heterocycles. The van der Waals surface area contributed by atoms with Gasteiger partial charge in [-0.05, 0) is 54.6 Å². The molecule has 0 bridgehead atoms. The third-order valence-corrected chi connectivity index (χ3v) is 7.26. The molecule has 0 radical (unpaired) electrons. The van der Waals surface area contributed by atoms with Gasteiger partial charge in [0, 0.05) is 37.2 Å². The number of rotatable bonds is 8. The molecule has 2 heterocycles. The zero-order valence-corrected chi connectivity index (χ0v) is 19.0. The van der Waals surface area contributed by atoms with Crippen LogP contribution < -0.4 is 9.47 Å². The Hall–Kier alpha value is -2.32. The quantitative estimate of drug-likeness (QED) is 0.333. The zero-order valence-electron chi connectivity index (χ0n) is 17.4. The Bertz CT molecular complexity index is 1020. The molecular formula is C23H25FN2O3S2. The van der Waals surface area contributed by atoms with Gasteiger partial charge in [0.2, 0.25) is 5.91 Å². The smallest absolute Gasteiger partial charge is 0.274 e. The van der Waals surface area contributed by atoms with Gasteiger partial charge in [0.15, 0.2) is 0 Å². The number of benzene rings is 2. The maximum Gasteiger partial charge on any atom is 0.274 e. The van der Waals surface area contributed by atoms with Crippen molar-refractivity contribution in [2.45, 2.75) is 36.7 Å². The number of carbonyl (C=O) groups excluding carboxylic acids is 1. The lowest BCUT2D eigenvalue weighted by atomic mass is 10.1. The summed E-state index contributed by atoms with van der Waals surface area (Å²) in [5, 5.41) is 0.672. The van der Waals surface area contributed by atoms with Crippen molar-refractivity contribution >= 4 is 39.2 Å². The van der Waals surface area contributed by atoms with Crippen LogP contribution in [-0.2, 0) is 4.79 Å². The Morgan fingerprint density at radius 1 is 1.23 bits per heavy atom. The minimum absolute atomic E-state index is 0.0838. The zero-order chi connectivity index (χ0) is 21.6. The van der Waals surface area contributed by atoms with Crippen LogP contribution in [0.15, 0.2) is 47.4 Å². The topological polar surface area (TPSA) is 51.7 Å². The lowest BCUT2D eigenvalue weighted by Gasteiger charge is -2.31. The van der Waals surface area contributed by atoms with Crippen LogP contribution in [0.5, 0.6) is 10.9 Å². The van der Waals surface area contributed by atoms with E-state index in [1.807, 2.05) is 23.1 Å². The van der Waals surface area contributed by atoms with Crippen molar-refractivity contribution in [1.82, 2.24) is 9.88 Å². The summed E-state index contributed by atoms with van der Waals surface area (Å²) in [6.45, 7) is 1.43. The minimum atomic E-state index is -0.227. The number of halogens is 1. The summed E-state index contributed by atoms with van der Waals surface area (Å²) in [6.07, 6.45) is 3.07. The fraction of sp³-hybridized carbons (Fsp3) is 0.391. The number of likely N-dealkylation sites (tertiary alicyclic amines) is 1. The van der Waals surface area contributed by atoms with Crippen LogP contribution in [0.3, 0.4) is 0 Å². The van der Waals surface area contributed by atoms with Gasteiger partial charge in [-0.3, -0.25) is 4.79 Å². The number of aromatic nitrogens is 1. The highest BCUT2D eigenvalue weighted by Crippen LogP contribution is 2.32. The van der Waals surface area contributed by atoms with Crippen LogP contribution in [0, 0.1) is 5.82 Å². The van der Waals surface area contributed by atoms with Crippen LogP contribution in [0.1, 0.15) is 25.7 Å². The largest absolute Gasteiger partial charge is 0.497 e. The van der Waals surface area contributed by atoms with Crippen LogP contribution >= 0.6 is 23.1 Å². The first kappa shape index (κ1) is 21.9. The monoisotopic (exact) mass is 460 g/mol. The number of carbonyl (C=O) groups is 1. The minimum Gasteiger partial charge on any atom is -0.497 e. The summed E-state index contributed by atoms with van der Waals surface area (Å²) < 4.78 is 25.3. The molecule has 0 atom stereocenters. The lowest BCUT2D eigenvalue weighted by Crippen LogP contribution is -2.41. The van der Waals surface area contributed by atoms with E-state index in [4.69, 9.17) is 9.47 Å². The van der Waals surface area contributed by atoms with E-state index >= 15 is 0 Å². The van der Waals surface area contributed by atoms with Crippen molar-refractivity contribution in [3.63, 3.8) is 0 Å². The Labute approximate surface area is 189 Å². The van der Waals surface area contributed by atoms with Crippen LogP contribution in [0.25, 0.3) is 10.2 Å². The van der Waals surface area contributed by atoms with Crippen molar-refractivity contribution in [3.8, 4) is 10.9 Å². The molecular weight excluding hydrogens is 435 g/mol. The van der Waals surface area contributed by atoms with E-state index in [0.717, 1.165) is 45.9 Å². The molecule has 4 rings (SSSR count). The van der Waals surface area contributed by atoms with Crippen molar-refractivity contribution in [3.05, 3.63) is 48.3 Å². The van der Waals surface area contributed by atoms with E-state index in [0.29, 0.717) is 24.7 Å². The van der Waals surface area contributed by atoms with Crippen LogP contribution in [0.2, 0.25) is 0 Å². The van der Waals surface area contributed by atoms with E-state index in [1.54, 1.807) is 31.0 Å². The number of amides is 1. The number of hydrogen-bond acceptors (Lipinski definition) is 6. The Balaban J connectivity index is 1.18. The fourth-order valence-corrected chi connectivity index (χ4v) is 5.29. The van der Waals surface area contributed by atoms with Crippen molar-refractivity contribution < 1.29 is 18.7 Å². The normalized spacial score (nSPS) is 14.7. The molecule has 2 aromatic carbocycles. The molecule has 8 heteroatoms. The second-order valence-electron chi connectivity index (χ2n) is 7.42. The predicted molar refractivity (Wildman–Crippen MR) is 123 cm³/mol. The third-order valence-electron chi connectivity index (χ3n) is 5.26. The SMILES string of the molecule is COc1ccc2nc(OC3CCN(C(=O)CCCSc4ccc(F)cc4)CC3)sc2c1. The van der Waals surface area contributed by atoms with Crippen LogP contribution in [-0.4, -0.2) is 47.8 Å². The fourth-order valence-electron chi connectivity index (χ4n) is 3.53. The summed E-state index contributed by atoms with van der Waals surface area (Å²) in [5.41, 5.74) is 0.909. The number of ether oxygens (including phenoxy) is 2. The number of thioether (sulfide) groups is 1. The molecule has 0 N–H and O–H groups in total. The van der Waals surface area contributed by atoms with Crippen LogP contribution in [0.4, 0.5) is 4.39 Å². The summed E-state index contributed by atoms with van der Waals surface area (Å²) in [5.74, 6) is 1.63. The number of methoxy groups -OCH3 is 1. The first-order valence-electron chi connectivity index (χ1n) is 10.4. The highest BCUT2D eigenvalue weighted by molar-refractivity contribution is 7.99. The van der Waals surface area contributed by atoms with Gasteiger partial charge in [0.25, 0.3) is 5.19 Å². The maximum atomic E-state index is 12.9. The molecule has 5 nitrogen and oxygen atoms in total. The standard InChI is InChI=1S/C23H25FN2O3S2/c1-28-18-6-9-20-21(15-18)31-23(25-20)29-17-10-12-26(13-11-17)22(27)3-2-14-30-19-7-4-16(24)5-8-19/h4-9,15,17H,2-3,10-14H2,1H3. The van der Waals surface area contributed by atoms with Gasteiger partial charge in [0.05, 0.1) is 17.3 Å². The highest BCUT2D eigenvalue weighted by Gasteiger charge is 2.24. The van der Waals surface area contributed by atoms with Gasteiger partial charge >= 0.3 is 0 Å².